The van der Waals surface area contributed by atoms with Crippen molar-refractivity contribution >= 4 is 27.6 Å². The summed E-state index contributed by atoms with van der Waals surface area (Å²) in [5.74, 6) is -27.3. The van der Waals surface area contributed by atoms with Crippen molar-refractivity contribution in [3.05, 3.63) is 41.7 Å². The Morgan fingerprint density at radius 1 is 0.667 bits per heavy atom. The maximum absolute atomic E-state index is 14.8. The lowest BCUT2D eigenvalue weighted by atomic mass is 10.2. The molecule has 27 heteroatoms. The number of benzene rings is 1. The summed E-state index contributed by atoms with van der Waals surface area (Å²) in [5.41, 5.74) is -0.676. The summed E-state index contributed by atoms with van der Waals surface area (Å²) in [7, 11) is -4.65. The summed E-state index contributed by atoms with van der Waals surface area (Å²) >= 11 is 0. The van der Waals surface area contributed by atoms with E-state index in [2.05, 4.69) is 9.97 Å². The van der Waals surface area contributed by atoms with Crippen LogP contribution in [0, 0.1) is 13.8 Å². The SMILES string of the molecule is Cc1cc(C)nc(NS(=O)(=O)c2ccc(NC(=O)[C@](F)(OC(F)(F)[C@@](F)(OC(F)(F)C(F)(F)C(F)(F)F)C(F)(F)F)C(F)(F)F)cc2)n1. The Morgan fingerprint density at radius 2 is 1.12 bits per heavy atom. The molecule has 2 rings (SSSR count). The van der Waals surface area contributed by atoms with Gasteiger partial charge in [0.05, 0.1) is 4.90 Å². The monoisotopic (exact) mass is 756 g/mol. The van der Waals surface area contributed by atoms with Gasteiger partial charge >= 0.3 is 48.4 Å². The number of sulfonamides is 1. The third-order valence-electron chi connectivity index (χ3n) is 5.29. The van der Waals surface area contributed by atoms with Crippen LogP contribution in [0.3, 0.4) is 0 Å². The van der Waals surface area contributed by atoms with Crippen LogP contribution in [0.15, 0.2) is 35.2 Å². The first-order chi connectivity index (χ1) is 21.1. The first-order valence-corrected chi connectivity index (χ1v) is 13.0. The molecule has 2 aromatic rings. The summed E-state index contributed by atoms with van der Waals surface area (Å²) in [4.78, 5) is 18.7. The third kappa shape index (κ3) is 7.76. The Balaban J connectivity index is 2.47. The van der Waals surface area contributed by atoms with Crippen molar-refractivity contribution in [3.63, 3.8) is 0 Å². The van der Waals surface area contributed by atoms with Crippen LogP contribution in [-0.4, -0.2) is 72.7 Å². The van der Waals surface area contributed by atoms with Gasteiger partial charge in [-0.1, -0.05) is 0 Å². The highest BCUT2D eigenvalue weighted by Gasteiger charge is 2.85. The van der Waals surface area contributed by atoms with Crippen molar-refractivity contribution < 1.29 is 97.3 Å². The highest BCUT2D eigenvalue weighted by atomic mass is 32.2. The van der Waals surface area contributed by atoms with Gasteiger partial charge in [-0.25, -0.2) is 23.1 Å². The van der Waals surface area contributed by atoms with Gasteiger partial charge in [0.1, 0.15) is 0 Å². The van der Waals surface area contributed by atoms with Crippen LogP contribution in [0.4, 0.5) is 86.3 Å². The molecule has 272 valence electrons. The second-order valence-corrected chi connectivity index (χ2v) is 10.7. The normalized spacial score (nSPS) is 16.6. The largest absolute Gasteiger partial charge is 0.462 e. The summed E-state index contributed by atoms with van der Waals surface area (Å²) in [6.07, 6.45) is -39.1. The van der Waals surface area contributed by atoms with Crippen LogP contribution in [0.2, 0.25) is 0 Å². The van der Waals surface area contributed by atoms with Crippen LogP contribution in [0.5, 0.6) is 0 Å². The molecule has 2 N–H and O–H groups in total. The van der Waals surface area contributed by atoms with E-state index in [1.807, 2.05) is 9.46 Å². The predicted molar refractivity (Wildman–Crippen MR) is 120 cm³/mol. The number of alkyl halides is 17. The zero-order valence-electron chi connectivity index (χ0n) is 22.7. The number of rotatable bonds is 11. The molecule has 0 aliphatic rings. The molecule has 0 saturated heterocycles. The predicted octanol–water partition coefficient (Wildman–Crippen LogP) is 6.71. The van der Waals surface area contributed by atoms with E-state index in [0.717, 1.165) is 5.32 Å². The molecular formula is C21H13F17N4O5S. The van der Waals surface area contributed by atoms with Gasteiger partial charge in [0.25, 0.3) is 15.9 Å². The van der Waals surface area contributed by atoms with Gasteiger partial charge in [-0.05, 0) is 44.2 Å². The summed E-state index contributed by atoms with van der Waals surface area (Å²) < 4.78 is 256. The fraction of sp³-hybridized carbons (Fsp3) is 0.476. The van der Waals surface area contributed by atoms with Crippen LogP contribution >= 0.6 is 0 Å². The Labute approximate surface area is 254 Å². The zero-order valence-corrected chi connectivity index (χ0v) is 23.5. The topological polar surface area (TPSA) is 120 Å². The lowest BCUT2D eigenvalue weighted by molar-refractivity contribution is -0.548. The number of carbonyl (C=O) groups is 1. The smallest absolute Gasteiger partial charge is 0.321 e. The molecular weight excluding hydrogens is 743 g/mol. The number of aryl methyl sites for hydroxylation is 2. The average molecular weight is 756 g/mol. The minimum Gasteiger partial charge on any atom is -0.321 e. The Hall–Kier alpha value is -3.75. The summed E-state index contributed by atoms with van der Waals surface area (Å²) in [5, 5.41) is 0.744. The summed E-state index contributed by atoms with van der Waals surface area (Å²) in [6.45, 7) is 2.86. The Morgan fingerprint density at radius 3 is 1.52 bits per heavy atom. The van der Waals surface area contributed by atoms with Crippen molar-refractivity contribution in [2.45, 2.75) is 67.1 Å². The number of anilines is 2. The molecule has 1 amide bonds. The maximum atomic E-state index is 14.8. The highest BCUT2D eigenvalue weighted by Crippen LogP contribution is 2.56. The van der Waals surface area contributed by atoms with Crippen molar-refractivity contribution in [2.24, 2.45) is 0 Å². The molecule has 9 nitrogen and oxygen atoms in total. The van der Waals surface area contributed by atoms with E-state index in [-0.39, 0.29) is 11.4 Å². The van der Waals surface area contributed by atoms with Gasteiger partial charge in [0.15, 0.2) is 0 Å². The molecule has 1 aromatic heterocycles. The molecule has 0 aliphatic carbocycles. The van der Waals surface area contributed by atoms with E-state index in [1.54, 1.807) is 0 Å². The maximum Gasteiger partial charge on any atom is 0.462 e. The molecule has 0 saturated carbocycles. The summed E-state index contributed by atoms with van der Waals surface area (Å²) in [6, 6.07) is 2.86. The molecule has 48 heavy (non-hydrogen) atoms. The van der Waals surface area contributed by atoms with E-state index in [1.165, 1.54) is 24.7 Å². The van der Waals surface area contributed by atoms with Gasteiger partial charge in [0.2, 0.25) is 5.95 Å². The number of halogens is 17. The number of ether oxygens (including phenoxy) is 2. The molecule has 0 radical (unpaired) electrons. The molecule has 1 aromatic carbocycles. The van der Waals surface area contributed by atoms with Crippen molar-refractivity contribution in [2.75, 3.05) is 10.0 Å². The quantitative estimate of drug-likeness (QED) is 0.245. The van der Waals surface area contributed by atoms with Gasteiger partial charge in [0, 0.05) is 17.1 Å². The lowest BCUT2D eigenvalue weighted by Gasteiger charge is -2.40. The second-order valence-electron chi connectivity index (χ2n) is 9.05. The fourth-order valence-electron chi connectivity index (χ4n) is 3.04. The van der Waals surface area contributed by atoms with E-state index in [4.69, 9.17) is 0 Å². The van der Waals surface area contributed by atoms with Gasteiger partial charge in [-0.2, -0.15) is 74.6 Å². The average Bonchev–Trinajstić information content (AvgIpc) is 2.85. The van der Waals surface area contributed by atoms with Crippen LogP contribution in [0.1, 0.15) is 11.4 Å². The minimum absolute atomic E-state index is 0.269. The molecule has 0 aliphatic heterocycles. The minimum atomic E-state index is -8.16. The van der Waals surface area contributed by atoms with Crippen molar-refractivity contribution in [3.8, 4) is 0 Å². The van der Waals surface area contributed by atoms with Gasteiger partial charge in [-0.3, -0.25) is 14.3 Å². The molecule has 0 bridgehead atoms. The number of nitrogens with one attached hydrogen (secondary N) is 2. The first-order valence-electron chi connectivity index (χ1n) is 11.5. The third-order valence-corrected chi connectivity index (χ3v) is 6.63. The molecule has 0 spiro atoms. The standard InChI is InChI=1S/C21H13F17N4O5S/c1-8-7-9(2)40-13(39-8)42-48(44,45)11-5-3-10(4-6-11)41-12(43)14(22,17(26,27)28)46-21(37,38)16(25,19(32,33)34)47-20(35,36)15(23,24)18(29,30)31/h3-7H,1-2H3,(H,41,43)(H,39,40,42)/t14-,16-/m0/s1. The number of amides is 1. The number of hydrogen-bond donors (Lipinski definition) is 2. The number of nitrogens with zero attached hydrogens (tertiary/aromatic N) is 2. The van der Waals surface area contributed by atoms with E-state index in [9.17, 15) is 87.8 Å². The van der Waals surface area contributed by atoms with Gasteiger partial charge < -0.3 is 5.32 Å². The lowest BCUT2D eigenvalue weighted by Crippen LogP contribution is -2.68. The first kappa shape index (κ1) is 40.4. The molecule has 0 unspecified atom stereocenters. The Bertz CT molecular complexity index is 1590. The van der Waals surface area contributed by atoms with Crippen LogP contribution < -0.4 is 10.0 Å². The van der Waals surface area contributed by atoms with Crippen LogP contribution in [-0.2, 0) is 24.3 Å². The number of hydrogen-bond acceptors (Lipinski definition) is 7. The molecule has 1 heterocycles. The number of aromatic nitrogens is 2. The molecule has 0 fully saturated rings. The van der Waals surface area contributed by atoms with Crippen LogP contribution in [0.25, 0.3) is 0 Å². The van der Waals surface area contributed by atoms with E-state index >= 15 is 0 Å². The Kier molecular flexibility index (Phi) is 10.4. The van der Waals surface area contributed by atoms with E-state index < -0.39 is 80.8 Å². The van der Waals surface area contributed by atoms with Gasteiger partial charge in [-0.15, -0.1) is 0 Å². The van der Waals surface area contributed by atoms with Crippen molar-refractivity contribution in [1.29, 1.82) is 0 Å². The highest BCUT2D eigenvalue weighted by molar-refractivity contribution is 7.92. The molecule has 2 atom stereocenters. The second kappa shape index (κ2) is 12.3. The van der Waals surface area contributed by atoms with Crippen molar-refractivity contribution in [1.82, 2.24) is 9.97 Å². The van der Waals surface area contributed by atoms with E-state index in [0.29, 0.717) is 24.3 Å². The zero-order chi connectivity index (χ0) is 37.7. The fourth-order valence-corrected chi connectivity index (χ4v) is 3.99. The number of carbonyl (C=O) groups excluding carboxylic acids is 1.